The number of nitrogens with zero attached hydrogens (tertiary/aromatic N) is 5. The van der Waals surface area contributed by atoms with Crippen LogP contribution in [0.15, 0.2) is 66.9 Å². The molecule has 2 saturated heterocycles. The first kappa shape index (κ1) is 27.6. The third kappa shape index (κ3) is 7.17. The fourth-order valence-electron chi connectivity index (χ4n) is 5.47. The fourth-order valence-corrected chi connectivity index (χ4v) is 5.47. The van der Waals surface area contributed by atoms with Crippen molar-refractivity contribution in [2.24, 2.45) is 5.92 Å². The zero-order valence-corrected chi connectivity index (χ0v) is 22.6. The van der Waals surface area contributed by atoms with Crippen molar-refractivity contribution in [1.82, 2.24) is 19.7 Å². The van der Waals surface area contributed by atoms with E-state index in [1.165, 1.54) is 17.7 Å². The number of likely N-dealkylation sites (tertiary alicyclic amines) is 1. The number of piperidine rings is 1. The Kier molecular flexibility index (Phi) is 8.94. The van der Waals surface area contributed by atoms with Crippen LogP contribution in [0.3, 0.4) is 0 Å². The van der Waals surface area contributed by atoms with E-state index in [4.69, 9.17) is 6.57 Å². The summed E-state index contributed by atoms with van der Waals surface area (Å²) in [5, 5.41) is 0. The molecular weight excluding hydrogens is 505 g/mol. The van der Waals surface area contributed by atoms with Gasteiger partial charge in [0.05, 0.1) is 6.57 Å². The Morgan fingerprint density at radius 1 is 0.825 bits per heavy atom. The van der Waals surface area contributed by atoms with Crippen LogP contribution >= 0.6 is 0 Å². The molecule has 0 radical (unpaired) electrons. The summed E-state index contributed by atoms with van der Waals surface area (Å²) in [6.45, 7) is 13.3. The third-order valence-corrected chi connectivity index (χ3v) is 7.94. The maximum Gasteiger partial charge on any atom is 0.272 e. The minimum atomic E-state index is -0.238. The van der Waals surface area contributed by atoms with Gasteiger partial charge in [-0.25, -0.2) is 9.24 Å². The minimum Gasteiger partial charge on any atom is -0.335 e. The zero-order chi connectivity index (χ0) is 27.9. The summed E-state index contributed by atoms with van der Waals surface area (Å²) in [4.78, 5) is 40.2. The molecule has 0 bridgehead atoms. The van der Waals surface area contributed by atoms with Crippen LogP contribution in [0.2, 0.25) is 0 Å². The Bertz CT molecular complexity index is 1340. The van der Waals surface area contributed by atoms with Gasteiger partial charge >= 0.3 is 0 Å². The second-order valence-corrected chi connectivity index (χ2v) is 10.8. The molecule has 3 heterocycles. The number of piperazine rings is 1. The Hall–Kier alpha value is -3.93. The van der Waals surface area contributed by atoms with Gasteiger partial charge in [-0.1, -0.05) is 36.4 Å². The number of aromatic nitrogens is 1. The van der Waals surface area contributed by atoms with Crippen LogP contribution in [0.1, 0.15) is 51.2 Å². The molecule has 0 unspecified atom stereocenters. The maximum atomic E-state index is 13.1. The van der Waals surface area contributed by atoms with E-state index in [0.29, 0.717) is 42.4 Å². The van der Waals surface area contributed by atoms with E-state index in [9.17, 15) is 14.0 Å². The first-order valence-electron chi connectivity index (χ1n) is 13.9. The fraction of sp³-hybridized carbons (Fsp3) is 0.375. The van der Waals surface area contributed by atoms with Crippen molar-refractivity contribution in [2.75, 3.05) is 39.3 Å². The van der Waals surface area contributed by atoms with Crippen LogP contribution in [0.5, 0.6) is 0 Å². The topological polar surface area (TPSA) is 61.1 Å². The lowest BCUT2D eigenvalue weighted by Gasteiger charge is -2.34. The van der Waals surface area contributed by atoms with Gasteiger partial charge in [0.2, 0.25) is 0 Å². The van der Waals surface area contributed by atoms with Crippen molar-refractivity contribution in [1.29, 1.82) is 0 Å². The van der Waals surface area contributed by atoms with Crippen LogP contribution in [-0.2, 0) is 13.1 Å². The Morgan fingerprint density at radius 3 is 2.00 bits per heavy atom. The Balaban J connectivity index is 1.05. The number of hydrogen-bond donors (Lipinski definition) is 0. The van der Waals surface area contributed by atoms with Crippen LogP contribution < -0.4 is 0 Å². The van der Waals surface area contributed by atoms with Crippen molar-refractivity contribution >= 4 is 17.4 Å². The molecule has 7 nitrogen and oxygen atoms in total. The summed E-state index contributed by atoms with van der Waals surface area (Å²) in [6, 6.07) is 17.7. The highest BCUT2D eigenvalue weighted by Gasteiger charge is 2.25. The molecule has 0 N–H and O–H groups in total. The van der Waals surface area contributed by atoms with Gasteiger partial charge in [-0.15, -0.1) is 0 Å². The number of halogens is 1. The monoisotopic (exact) mass is 539 g/mol. The molecule has 2 aliphatic rings. The van der Waals surface area contributed by atoms with E-state index in [0.717, 1.165) is 57.7 Å². The molecule has 2 fully saturated rings. The molecule has 3 aromatic rings. The molecule has 0 atom stereocenters. The van der Waals surface area contributed by atoms with Gasteiger partial charge in [0.15, 0.2) is 11.5 Å². The van der Waals surface area contributed by atoms with Gasteiger partial charge in [-0.3, -0.25) is 24.4 Å². The number of carbonyl (C=O) groups is 2. The number of carbonyl (C=O) groups excluding carboxylic acids is 2. The minimum absolute atomic E-state index is 0.0779. The first-order chi connectivity index (χ1) is 19.5. The highest BCUT2D eigenvalue weighted by molar-refractivity contribution is 5.97. The summed E-state index contributed by atoms with van der Waals surface area (Å²) in [5.41, 5.74) is 3.84. The van der Waals surface area contributed by atoms with Gasteiger partial charge in [0.1, 0.15) is 11.5 Å². The first-order valence-corrected chi connectivity index (χ1v) is 13.9. The quantitative estimate of drug-likeness (QED) is 0.290. The van der Waals surface area contributed by atoms with Gasteiger partial charge in [0.25, 0.3) is 5.91 Å². The molecule has 2 aliphatic heterocycles. The van der Waals surface area contributed by atoms with Crippen LogP contribution in [0, 0.1) is 18.3 Å². The van der Waals surface area contributed by atoms with E-state index < -0.39 is 0 Å². The molecule has 2 aromatic carbocycles. The standard InChI is InChI=1S/C32H34FN5O2/c1-34-29-9-4-26(5-10-29)22-36-14-12-24(13-15-36)20-31(39)27-6-11-30(35-21-27)32(40)38-18-16-37(17-19-38)23-25-2-7-28(33)8-3-25/h2-11,21,24H,12-20,22-23H2. The SMILES string of the molecule is [C-]#[N+]c1ccc(CN2CCC(CC(=O)c3ccc(C(=O)N4CCN(Cc5ccc(F)cc5)CC4)nc3)CC2)cc1. The normalized spacial score (nSPS) is 16.9. The van der Waals surface area contributed by atoms with Crippen LogP contribution in [0.4, 0.5) is 10.1 Å². The van der Waals surface area contributed by atoms with Crippen molar-refractivity contribution in [3.63, 3.8) is 0 Å². The average molecular weight is 540 g/mol. The van der Waals surface area contributed by atoms with Gasteiger partial charge in [-0.05, 0) is 67.2 Å². The molecule has 0 aliphatic carbocycles. The number of pyridine rings is 1. The van der Waals surface area contributed by atoms with Gasteiger partial charge < -0.3 is 4.90 Å². The third-order valence-electron chi connectivity index (χ3n) is 7.94. The van der Waals surface area contributed by atoms with E-state index in [1.54, 1.807) is 35.4 Å². The largest absolute Gasteiger partial charge is 0.335 e. The second-order valence-electron chi connectivity index (χ2n) is 10.8. The van der Waals surface area contributed by atoms with E-state index in [-0.39, 0.29) is 17.5 Å². The number of Topliss-reactive ketones (excluding diaryl/α,β-unsaturated/α-hetero) is 1. The Labute approximate surface area is 235 Å². The number of hydrogen-bond acceptors (Lipinski definition) is 5. The molecule has 1 aromatic heterocycles. The lowest BCUT2D eigenvalue weighted by atomic mass is 9.90. The summed E-state index contributed by atoms with van der Waals surface area (Å²) in [6.07, 6.45) is 3.99. The van der Waals surface area contributed by atoms with E-state index >= 15 is 0 Å². The van der Waals surface area contributed by atoms with E-state index in [1.807, 2.05) is 24.3 Å². The molecule has 0 saturated carbocycles. The van der Waals surface area contributed by atoms with Crippen molar-refractivity contribution < 1.29 is 14.0 Å². The summed E-state index contributed by atoms with van der Waals surface area (Å²) >= 11 is 0. The molecule has 8 heteroatoms. The summed E-state index contributed by atoms with van der Waals surface area (Å²) < 4.78 is 13.1. The van der Waals surface area contributed by atoms with Crippen molar-refractivity contribution in [2.45, 2.75) is 32.4 Å². The van der Waals surface area contributed by atoms with Gasteiger partial charge in [-0.2, -0.15) is 0 Å². The maximum absolute atomic E-state index is 13.1. The molecule has 5 rings (SSSR count). The average Bonchev–Trinajstić information content (AvgIpc) is 3.00. The number of benzene rings is 2. The van der Waals surface area contributed by atoms with Crippen molar-refractivity contribution in [3.05, 3.63) is 106 Å². The lowest BCUT2D eigenvalue weighted by Crippen LogP contribution is -2.48. The predicted molar refractivity (Wildman–Crippen MR) is 151 cm³/mol. The number of amides is 1. The predicted octanol–water partition coefficient (Wildman–Crippen LogP) is 5.21. The van der Waals surface area contributed by atoms with E-state index in [2.05, 4.69) is 19.6 Å². The molecule has 0 spiro atoms. The second kappa shape index (κ2) is 12.9. The number of ketones is 1. The molecule has 1 amide bonds. The summed E-state index contributed by atoms with van der Waals surface area (Å²) in [5.74, 6) is 0.0733. The highest BCUT2D eigenvalue weighted by Crippen LogP contribution is 2.24. The molecular formula is C32H34FN5O2. The highest BCUT2D eigenvalue weighted by atomic mass is 19.1. The zero-order valence-electron chi connectivity index (χ0n) is 22.6. The summed E-state index contributed by atoms with van der Waals surface area (Å²) in [7, 11) is 0. The molecule has 206 valence electrons. The smallest absolute Gasteiger partial charge is 0.272 e. The van der Waals surface area contributed by atoms with Crippen molar-refractivity contribution in [3.8, 4) is 0 Å². The van der Waals surface area contributed by atoms with Gasteiger partial charge in [0, 0.05) is 57.4 Å². The Morgan fingerprint density at radius 2 is 1.43 bits per heavy atom. The van der Waals surface area contributed by atoms with Crippen LogP contribution in [-0.4, -0.2) is 70.6 Å². The number of rotatable bonds is 8. The van der Waals surface area contributed by atoms with Crippen LogP contribution in [0.25, 0.3) is 4.85 Å². The molecule has 40 heavy (non-hydrogen) atoms. The lowest BCUT2D eigenvalue weighted by molar-refractivity contribution is 0.0622.